The Bertz CT molecular complexity index is 205. The van der Waals surface area contributed by atoms with Crippen molar-refractivity contribution >= 4 is 26.0 Å². The van der Waals surface area contributed by atoms with Gasteiger partial charge in [-0.25, -0.2) is 13.1 Å². The van der Waals surface area contributed by atoms with Gasteiger partial charge < -0.3 is 4.74 Å². The highest BCUT2D eigenvalue weighted by molar-refractivity contribution is 9.10. The van der Waals surface area contributed by atoms with E-state index in [-0.39, 0.29) is 10.7 Å². The summed E-state index contributed by atoms with van der Waals surface area (Å²) in [5, 5.41) is 0. The van der Waals surface area contributed by atoms with Gasteiger partial charge in [0.15, 0.2) is 0 Å². The molecule has 0 saturated heterocycles. The first-order chi connectivity index (χ1) is 5.52. The van der Waals surface area contributed by atoms with Crippen LogP contribution in [0.1, 0.15) is 13.3 Å². The number of hydrogen-bond acceptors (Lipinski definition) is 3. The van der Waals surface area contributed by atoms with Crippen molar-refractivity contribution in [3.8, 4) is 0 Å². The molecule has 0 heterocycles. The molecule has 0 amide bonds. The average molecular weight is 260 g/mol. The van der Waals surface area contributed by atoms with Gasteiger partial charge in [0.05, 0.1) is 0 Å². The zero-order valence-corrected chi connectivity index (χ0v) is 9.61. The van der Waals surface area contributed by atoms with Gasteiger partial charge in [0.25, 0.3) is 0 Å². The van der Waals surface area contributed by atoms with Crippen LogP contribution in [0, 0.1) is 0 Å². The Balaban J connectivity index is 3.76. The van der Waals surface area contributed by atoms with Crippen LogP contribution >= 0.6 is 15.9 Å². The maximum Gasteiger partial charge on any atom is 0.221 e. The van der Waals surface area contributed by atoms with E-state index in [1.165, 1.54) is 0 Å². The van der Waals surface area contributed by atoms with Crippen LogP contribution < -0.4 is 4.72 Å². The van der Waals surface area contributed by atoms with Gasteiger partial charge in [0.2, 0.25) is 10.0 Å². The van der Waals surface area contributed by atoms with Gasteiger partial charge in [-0.15, -0.1) is 0 Å². The van der Waals surface area contributed by atoms with Crippen LogP contribution in [0.2, 0.25) is 0 Å². The molecule has 0 rings (SSSR count). The third-order valence-electron chi connectivity index (χ3n) is 1.28. The monoisotopic (exact) mass is 259 g/mol. The standard InChI is InChI=1S/C6H14BrNO3S/c1-6(3-4-11-2)8-12(9,10)5-7/h6,8H,3-5H2,1-2H3. The molecule has 0 saturated carbocycles. The third-order valence-corrected chi connectivity index (χ3v) is 4.14. The summed E-state index contributed by atoms with van der Waals surface area (Å²) in [6, 6.07) is -0.0764. The molecule has 0 aliphatic rings. The second-order valence-electron chi connectivity index (χ2n) is 2.52. The number of alkyl halides is 1. The number of ether oxygens (including phenoxy) is 1. The number of nitrogens with one attached hydrogen (secondary N) is 1. The molecule has 4 nitrogen and oxygen atoms in total. The minimum atomic E-state index is -3.14. The summed E-state index contributed by atoms with van der Waals surface area (Å²) in [5.41, 5.74) is 0. The number of methoxy groups -OCH3 is 1. The van der Waals surface area contributed by atoms with Crippen molar-refractivity contribution in [3.63, 3.8) is 0 Å². The second kappa shape index (κ2) is 5.90. The lowest BCUT2D eigenvalue weighted by atomic mass is 10.3. The molecule has 12 heavy (non-hydrogen) atoms. The summed E-state index contributed by atoms with van der Waals surface area (Å²) in [6.07, 6.45) is 0.683. The summed E-state index contributed by atoms with van der Waals surface area (Å²) in [4.78, 5) is 0. The van der Waals surface area contributed by atoms with Gasteiger partial charge in [-0.2, -0.15) is 0 Å². The Labute approximate surface area is 81.9 Å². The maximum absolute atomic E-state index is 11.0. The zero-order chi connectivity index (χ0) is 9.61. The lowest BCUT2D eigenvalue weighted by Gasteiger charge is -2.11. The van der Waals surface area contributed by atoms with Gasteiger partial charge in [0.1, 0.15) is 4.66 Å². The molecule has 1 unspecified atom stereocenters. The average Bonchev–Trinajstić information content (AvgIpc) is 2.00. The lowest BCUT2D eigenvalue weighted by Crippen LogP contribution is -2.33. The van der Waals surface area contributed by atoms with E-state index in [1.54, 1.807) is 14.0 Å². The molecular weight excluding hydrogens is 246 g/mol. The Morgan fingerprint density at radius 2 is 2.17 bits per heavy atom. The van der Waals surface area contributed by atoms with Crippen LogP contribution in [0.3, 0.4) is 0 Å². The molecule has 0 aliphatic heterocycles. The van der Waals surface area contributed by atoms with Crippen LogP contribution in [0.4, 0.5) is 0 Å². The molecule has 0 fully saturated rings. The predicted molar refractivity (Wildman–Crippen MR) is 51.8 cm³/mol. The first kappa shape index (κ1) is 12.3. The van der Waals surface area contributed by atoms with Crippen LogP contribution in [0.5, 0.6) is 0 Å². The predicted octanol–water partition coefficient (Wildman–Crippen LogP) is 0.683. The number of hydrogen-bond donors (Lipinski definition) is 1. The summed E-state index contributed by atoms with van der Waals surface area (Å²) in [6.45, 7) is 2.37. The molecule has 0 aromatic heterocycles. The molecule has 1 N–H and O–H groups in total. The fourth-order valence-electron chi connectivity index (χ4n) is 0.692. The van der Waals surface area contributed by atoms with Crippen molar-refractivity contribution < 1.29 is 13.2 Å². The Morgan fingerprint density at radius 1 is 1.58 bits per heavy atom. The van der Waals surface area contributed by atoms with Gasteiger partial charge in [-0.3, -0.25) is 0 Å². The van der Waals surface area contributed by atoms with E-state index in [0.29, 0.717) is 13.0 Å². The van der Waals surface area contributed by atoms with Crippen molar-refractivity contribution in [1.29, 1.82) is 0 Å². The maximum atomic E-state index is 11.0. The highest BCUT2D eigenvalue weighted by atomic mass is 79.9. The van der Waals surface area contributed by atoms with Crippen molar-refractivity contribution in [2.24, 2.45) is 0 Å². The molecule has 0 aromatic carbocycles. The van der Waals surface area contributed by atoms with Gasteiger partial charge >= 0.3 is 0 Å². The summed E-state index contributed by atoms with van der Waals surface area (Å²) >= 11 is 2.89. The lowest BCUT2D eigenvalue weighted by molar-refractivity contribution is 0.188. The SMILES string of the molecule is COCCC(C)NS(=O)(=O)CBr. The highest BCUT2D eigenvalue weighted by Gasteiger charge is 2.11. The molecule has 74 valence electrons. The van der Waals surface area contributed by atoms with E-state index < -0.39 is 10.0 Å². The van der Waals surface area contributed by atoms with Crippen molar-refractivity contribution in [1.82, 2.24) is 4.72 Å². The van der Waals surface area contributed by atoms with Crippen molar-refractivity contribution in [3.05, 3.63) is 0 Å². The first-order valence-electron chi connectivity index (χ1n) is 3.56. The molecule has 0 spiro atoms. The normalized spacial score (nSPS) is 14.6. The summed E-state index contributed by atoms with van der Waals surface area (Å²) in [5.74, 6) is 0. The van der Waals surface area contributed by atoms with E-state index in [4.69, 9.17) is 4.74 Å². The largest absolute Gasteiger partial charge is 0.385 e. The number of halogens is 1. The van der Waals surface area contributed by atoms with Gasteiger partial charge in [-0.1, -0.05) is 15.9 Å². The quantitative estimate of drug-likeness (QED) is 0.715. The van der Waals surface area contributed by atoms with Crippen LogP contribution in [0.15, 0.2) is 0 Å². The van der Waals surface area contributed by atoms with E-state index in [2.05, 4.69) is 20.7 Å². The van der Waals surface area contributed by atoms with Gasteiger partial charge in [0, 0.05) is 19.8 Å². The molecular formula is C6H14BrNO3S. The van der Waals surface area contributed by atoms with Crippen molar-refractivity contribution in [2.45, 2.75) is 19.4 Å². The Kier molecular flexibility index (Phi) is 6.08. The third kappa shape index (κ3) is 5.93. The van der Waals surface area contributed by atoms with E-state index in [0.717, 1.165) is 0 Å². The second-order valence-corrected chi connectivity index (χ2v) is 5.58. The van der Waals surface area contributed by atoms with Crippen molar-refractivity contribution in [2.75, 3.05) is 18.4 Å². The number of rotatable bonds is 6. The molecule has 6 heteroatoms. The van der Waals surface area contributed by atoms with Gasteiger partial charge in [-0.05, 0) is 13.3 Å². The smallest absolute Gasteiger partial charge is 0.221 e. The van der Waals surface area contributed by atoms with Crippen LogP contribution in [-0.4, -0.2) is 32.8 Å². The summed E-state index contributed by atoms with van der Waals surface area (Å²) in [7, 11) is -1.55. The van der Waals surface area contributed by atoms with E-state index >= 15 is 0 Å². The Hall–Kier alpha value is 0.350. The highest BCUT2D eigenvalue weighted by Crippen LogP contribution is 1.97. The molecule has 0 aromatic rings. The van der Waals surface area contributed by atoms with Crippen LogP contribution in [0.25, 0.3) is 0 Å². The zero-order valence-electron chi connectivity index (χ0n) is 7.21. The molecule has 0 aliphatic carbocycles. The Morgan fingerprint density at radius 3 is 2.58 bits per heavy atom. The molecule has 1 atom stereocenters. The number of sulfonamides is 1. The fraction of sp³-hybridized carbons (Fsp3) is 1.00. The van der Waals surface area contributed by atoms with E-state index in [9.17, 15) is 8.42 Å². The molecule has 0 radical (unpaired) electrons. The summed E-state index contributed by atoms with van der Waals surface area (Å²) < 4.78 is 29.2. The minimum Gasteiger partial charge on any atom is -0.385 e. The minimum absolute atomic E-state index is 0.0582. The van der Waals surface area contributed by atoms with E-state index in [1.807, 2.05) is 0 Å². The van der Waals surface area contributed by atoms with Crippen LogP contribution in [-0.2, 0) is 14.8 Å². The fourth-order valence-corrected chi connectivity index (χ4v) is 1.88. The topological polar surface area (TPSA) is 55.4 Å². The first-order valence-corrected chi connectivity index (χ1v) is 6.34. The molecule has 0 bridgehead atoms.